The molecule has 1 fully saturated rings. The molecule has 0 bridgehead atoms. The van der Waals surface area contributed by atoms with Gasteiger partial charge in [0.1, 0.15) is 5.75 Å². The average Bonchev–Trinajstić information content (AvgIpc) is 3.67. The van der Waals surface area contributed by atoms with E-state index in [1.54, 1.807) is 21.8 Å². The van der Waals surface area contributed by atoms with Gasteiger partial charge in [0.05, 0.1) is 45.7 Å². The standard InChI is InChI=1S/C47H49N3O6Si/c1-32-45(57(3,4)38-23-21-37(55-2)22-24-38)42(30-44(53)48(27-28-51)31-33-13-7-5-8-14-33)56-47(32)39-29-36(49-40-18-12-11-15-34(40)19-26-43(49)52)20-25-41(39)50(46(47)54)35-16-9-6-10-17-35/h5-18,20-25,29,32,42,45,51H,19,26-28,30-31H2,1-4H3/t32-,42+,45-,47+/m0/s1. The highest BCUT2D eigenvalue weighted by Crippen LogP contribution is 2.61. The van der Waals surface area contributed by atoms with E-state index in [-0.39, 0.29) is 48.8 Å². The summed E-state index contributed by atoms with van der Waals surface area (Å²) in [6.45, 7) is 7.02. The largest absolute Gasteiger partial charge is 0.497 e. The molecular formula is C47H49N3O6Si. The van der Waals surface area contributed by atoms with Gasteiger partial charge in [0.25, 0.3) is 5.91 Å². The molecule has 9 nitrogen and oxygen atoms in total. The highest BCUT2D eigenvalue weighted by molar-refractivity contribution is 6.91. The van der Waals surface area contributed by atoms with E-state index in [1.165, 1.54) is 0 Å². The number of carbonyl (C=O) groups is 3. The van der Waals surface area contributed by atoms with Crippen LogP contribution in [0.25, 0.3) is 0 Å². The number of hydrogen-bond acceptors (Lipinski definition) is 6. The molecule has 3 aliphatic rings. The van der Waals surface area contributed by atoms with Crippen LogP contribution in [-0.2, 0) is 37.7 Å². The average molecular weight is 780 g/mol. The van der Waals surface area contributed by atoms with E-state index in [2.05, 4.69) is 38.2 Å². The van der Waals surface area contributed by atoms with Gasteiger partial charge in [-0.3, -0.25) is 24.2 Å². The van der Waals surface area contributed by atoms with Gasteiger partial charge in [-0.15, -0.1) is 0 Å². The van der Waals surface area contributed by atoms with Gasteiger partial charge >= 0.3 is 0 Å². The molecule has 3 heterocycles. The van der Waals surface area contributed by atoms with Crippen LogP contribution in [0.15, 0.2) is 127 Å². The van der Waals surface area contributed by atoms with E-state index >= 15 is 4.79 Å². The fraction of sp³-hybridized carbons (Fsp3) is 0.298. The Morgan fingerprint density at radius 1 is 0.842 bits per heavy atom. The van der Waals surface area contributed by atoms with Crippen molar-refractivity contribution in [3.05, 3.63) is 144 Å². The third-order valence-corrected chi connectivity index (χ3v) is 16.8. The molecule has 3 aliphatic heterocycles. The van der Waals surface area contributed by atoms with E-state index in [9.17, 15) is 14.7 Å². The van der Waals surface area contributed by atoms with Crippen LogP contribution >= 0.6 is 0 Å². The molecule has 5 aromatic rings. The fourth-order valence-electron chi connectivity index (χ4n) is 9.63. The molecule has 0 radical (unpaired) electrons. The zero-order valence-electron chi connectivity index (χ0n) is 32.9. The van der Waals surface area contributed by atoms with Crippen LogP contribution in [0, 0.1) is 5.92 Å². The minimum atomic E-state index is -2.59. The maximum Gasteiger partial charge on any atom is 0.268 e. The van der Waals surface area contributed by atoms with Gasteiger partial charge in [-0.25, -0.2) is 0 Å². The number of fused-ring (bicyclic) bond motifs is 3. The molecule has 3 amide bonds. The molecule has 0 saturated carbocycles. The summed E-state index contributed by atoms with van der Waals surface area (Å²) in [5, 5.41) is 11.3. The van der Waals surface area contributed by atoms with Gasteiger partial charge in [0.2, 0.25) is 11.8 Å². The molecular weight excluding hydrogens is 731 g/mol. The molecule has 8 rings (SSSR count). The number of hydrogen-bond donors (Lipinski definition) is 1. The Labute approximate surface area is 335 Å². The minimum Gasteiger partial charge on any atom is -0.497 e. The van der Waals surface area contributed by atoms with E-state index in [0.717, 1.165) is 27.8 Å². The van der Waals surface area contributed by atoms with Crippen molar-refractivity contribution in [1.82, 2.24) is 4.90 Å². The van der Waals surface area contributed by atoms with Crippen molar-refractivity contribution in [2.45, 2.75) is 63.1 Å². The summed E-state index contributed by atoms with van der Waals surface area (Å²) in [5.41, 5.74) is 3.99. The van der Waals surface area contributed by atoms with Crippen LogP contribution in [0.3, 0.4) is 0 Å². The lowest BCUT2D eigenvalue weighted by atomic mass is 9.82. The molecule has 0 unspecified atom stereocenters. The molecule has 0 aliphatic carbocycles. The number of amides is 3. The van der Waals surface area contributed by atoms with Crippen LogP contribution in [0.1, 0.15) is 36.5 Å². The summed E-state index contributed by atoms with van der Waals surface area (Å²) < 4.78 is 12.9. The van der Waals surface area contributed by atoms with E-state index < -0.39 is 19.8 Å². The summed E-state index contributed by atoms with van der Waals surface area (Å²) in [6.07, 6.45) is 0.437. The summed E-state index contributed by atoms with van der Waals surface area (Å²) in [7, 11) is -0.940. The van der Waals surface area contributed by atoms with Crippen molar-refractivity contribution < 1.29 is 29.0 Å². The lowest BCUT2D eigenvalue weighted by Crippen LogP contribution is -2.52. The van der Waals surface area contributed by atoms with Crippen molar-refractivity contribution in [3.8, 4) is 5.75 Å². The van der Waals surface area contributed by atoms with Crippen LogP contribution in [0.4, 0.5) is 22.7 Å². The van der Waals surface area contributed by atoms with Crippen molar-refractivity contribution >= 4 is 53.7 Å². The molecule has 57 heavy (non-hydrogen) atoms. The van der Waals surface area contributed by atoms with Crippen molar-refractivity contribution in [2.24, 2.45) is 5.92 Å². The predicted molar refractivity (Wildman–Crippen MR) is 225 cm³/mol. The Balaban J connectivity index is 1.27. The topological polar surface area (TPSA) is 99.6 Å². The van der Waals surface area contributed by atoms with Crippen molar-refractivity contribution in [1.29, 1.82) is 0 Å². The maximum atomic E-state index is 15.5. The Morgan fingerprint density at radius 3 is 2.23 bits per heavy atom. The Kier molecular flexibility index (Phi) is 10.4. The summed E-state index contributed by atoms with van der Waals surface area (Å²) >= 11 is 0. The highest BCUT2D eigenvalue weighted by Gasteiger charge is 2.67. The fourth-order valence-corrected chi connectivity index (χ4v) is 13.6. The monoisotopic (exact) mass is 779 g/mol. The van der Waals surface area contributed by atoms with Gasteiger partial charge in [0, 0.05) is 42.4 Å². The minimum absolute atomic E-state index is 0.0101. The number of anilines is 4. The van der Waals surface area contributed by atoms with Gasteiger partial charge in [-0.2, -0.15) is 0 Å². The van der Waals surface area contributed by atoms with E-state index in [4.69, 9.17) is 9.47 Å². The number of aliphatic hydroxyl groups is 1. The third-order valence-electron chi connectivity index (χ3n) is 12.4. The van der Waals surface area contributed by atoms with Gasteiger partial charge in [0.15, 0.2) is 5.60 Å². The summed E-state index contributed by atoms with van der Waals surface area (Å²) in [6, 6.07) is 41.3. The Hall–Kier alpha value is -5.55. The van der Waals surface area contributed by atoms with Crippen molar-refractivity contribution in [2.75, 3.05) is 30.1 Å². The predicted octanol–water partition coefficient (Wildman–Crippen LogP) is 7.61. The van der Waals surface area contributed by atoms with E-state index in [1.807, 2.05) is 109 Å². The first-order chi connectivity index (χ1) is 27.6. The Morgan fingerprint density at radius 2 is 1.53 bits per heavy atom. The number of rotatable bonds is 11. The summed E-state index contributed by atoms with van der Waals surface area (Å²) in [4.78, 5) is 49.0. The van der Waals surface area contributed by atoms with Crippen molar-refractivity contribution in [3.63, 3.8) is 0 Å². The molecule has 1 spiro atoms. The molecule has 0 aromatic heterocycles. The summed E-state index contributed by atoms with van der Waals surface area (Å²) in [5.74, 6) is 0.00202. The quantitative estimate of drug-likeness (QED) is 0.139. The zero-order valence-corrected chi connectivity index (χ0v) is 33.9. The molecule has 4 atom stereocenters. The number of aryl methyl sites for hydroxylation is 1. The second kappa shape index (κ2) is 15.4. The van der Waals surface area contributed by atoms with Crippen LogP contribution < -0.4 is 19.7 Å². The SMILES string of the molecule is COc1ccc([Si](C)(C)[C@@H]2[C@@H](CC(=O)N(CCO)Cc3ccccc3)O[C@]3(C(=O)N(c4ccccc4)c4ccc(N5C(=O)CCc6ccccc65)cc43)[C@H]2C)cc1. The number of carbonyl (C=O) groups excluding carboxylic acids is 3. The van der Waals surface area contributed by atoms with Gasteiger partial charge in [-0.05, 0) is 71.6 Å². The first kappa shape index (κ1) is 38.3. The lowest BCUT2D eigenvalue weighted by molar-refractivity contribution is -0.149. The number of benzene rings is 5. The second-order valence-electron chi connectivity index (χ2n) is 15.9. The second-order valence-corrected chi connectivity index (χ2v) is 20.6. The smallest absolute Gasteiger partial charge is 0.268 e. The Bertz CT molecular complexity index is 2280. The number of methoxy groups -OCH3 is 1. The van der Waals surface area contributed by atoms with Crippen LogP contribution in [0.5, 0.6) is 5.75 Å². The molecule has 1 saturated heterocycles. The van der Waals surface area contributed by atoms with Crippen LogP contribution in [-0.4, -0.2) is 62.2 Å². The number of ether oxygens (including phenoxy) is 2. The highest BCUT2D eigenvalue weighted by atomic mass is 28.3. The molecule has 1 N–H and O–H groups in total. The van der Waals surface area contributed by atoms with E-state index in [0.29, 0.717) is 42.0 Å². The molecule has 5 aromatic carbocycles. The van der Waals surface area contributed by atoms with Crippen LogP contribution in [0.2, 0.25) is 18.6 Å². The van der Waals surface area contributed by atoms with Gasteiger partial charge in [-0.1, -0.05) is 104 Å². The third kappa shape index (κ3) is 6.65. The first-order valence-electron chi connectivity index (χ1n) is 19.8. The normalized spacial score (nSPS) is 21.5. The zero-order chi connectivity index (χ0) is 39.9. The number of para-hydroxylation sites is 2. The molecule has 292 valence electrons. The number of aliphatic hydroxyl groups excluding tert-OH is 1. The molecule has 10 heteroatoms. The first-order valence-corrected chi connectivity index (χ1v) is 22.9. The number of nitrogens with zero attached hydrogens (tertiary/aromatic N) is 3. The van der Waals surface area contributed by atoms with Gasteiger partial charge < -0.3 is 19.5 Å². The maximum absolute atomic E-state index is 15.5. The lowest BCUT2D eigenvalue weighted by Gasteiger charge is -2.37.